The van der Waals surface area contributed by atoms with Crippen LogP contribution < -0.4 is 10.9 Å². The second kappa shape index (κ2) is 8.45. The molecule has 2 saturated heterocycles. The fraction of sp³-hybridized carbons (Fsp3) is 0.462. The van der Waals surface area contributed by atoms with Gasteiger partial charge in [-0.2, -0.15) is 0 Å². The predicted octanol–water partition coefficient (Wildman–Crippen LogP) is 3.20. The van der Waals surface area contributed by atoms with Gasteiger partial charge < -0.3 is 18.6 Å². The van der Waals surface area contributed by atoms with Gasteiger partial charge in [0, 0.05) is 11.1 Å². The fourth-order valence-electron chi connectivity index (χ4n) is 4.00. The molecular formula is C26H32B2N4O4. The first-order chi connectivity index (χ1) is 16.8. The summed E-state index contributed by atoms with van der Waals surface area (Å²) in [6.07, 6.45) is 0. The summed E-state index contributed by atoms with van der Waals surface area (Å²) in [4.78, 5) is 0. The summed E-state index contributed by atoms with van der Waals surface area (Å²) in [5.74, 6) is 0.904. The summed E-state index contributed by atoms with van der Waals surface area (Å²) in [7, 11) is -0.826. The molecule has 0 N–H and O–H groups in total. The van der Waals surface area contributed by atoms with Crippen LogP contribution in [0, 0.1) is 0 Å². The SMILES string of the molecule is CC1(C)OB(c2ccc(-c3nnc(-c4ccc(B5OC(C)(C)C(C)(C)O5)cc4)nn3)cc2)OC1(C)C. The smallest absolute Gasteiger partial charge is 0.399 e. The molecule has 10 heteroatoms. The Bertz CT molecular complexity index is 1120. The molecule has 186 valence electrons. The van der Waals surface area contributed by atoms with Crippen LogP contribution in [-0.4, -0.2) is 57.0 Å². The number of nitrogens with zero attached hydrogens (tertiary/aromatic N) is 4. The molecular weight excluding hydrogens is 454 g/mol. The molecule has 36 heavy (non-hydrogen) atoms. The van der Waals surface area contributed by atoms with Crippen LogP contribution in [0.15, 0.2) is 48.5 Å². The molecule has 2 aliphatic heterocycles. The third-order valence-electron chi connectivity index (χ3n) is 7.87. The summed E-state index contributed by atoms with van der Waals surface area (Å²) in [5.41, 5.74) is 1.99. The molecule has 3 heterocycles. The Kier molecular flexibility index (Phi) is 5.87. The van der Waals surface area contributed by atoms with E-state index in [0.717, 1.165) is 22.1 Å². The molecule has 0 aliphatic carbocycles. The fourth-order valence-corrected chi connectivity index (χ4v) is 4.00. The third kappa shape index (κ3) is 4.36. The van der Waals surface area contributed by atoms with Crippen LogP contribution in [0.1, 0.15) is 55.4 Å². The van der Waals surface area contributed by atoms with Gasteiger partial charge in [0.05, 0.1) is 22.4 Å². The topological polar surface area (TPSA) is 88.5 Å². The van der Waals surface area contributed by atoms with E-state index < -0.39 is 14.2 Å². The molecule has 3 aromatic rings. The van der Waals surface area contributed by atoms with Crippen molar-refractivity contribution in [1.29, 1.82) is 0 Å². The molecule has 0 spiro atoms. The molecule has 0 saturated carbocycles. The van der Waals surface area contributed by atoms with Gasteiger partial charge in [0.1, 0.15) is 0 Å². The number of benzene rings is 2. The minimum atomic E-state index is -0.413. The van der Waals surface area contributed by atoms with Crippen molar-refractivity contribution in [2.45, 2.75) is 77.8 Å². The lowest BCUT2D eigenvalue weighted by atomic mass is 9.79. The van der Waals surface area contributed by atoms with Crippen molar-refractivity contribution in [2.75, 3.05) is 0 Å². The first-order valence-electron chi connectivity index (χ1n) is 12.3. The first kappa shape index (κ1) is 25.0. The number of rotatable bonds is 4. The molecule has 5 rings (SSSR count). The molecule has 0 radical (unpaired) electrons. The van der Waals surface area contributed by atoms with Gasteiger partial charge in [-0.25, -0.2) is 0 Å². The average Bonchev–Trinajstić information content (AvgIpc) is 3.19. The average molecular weight is 486 g/mol. The highest BCUT2D eigenvalue weighted by Gasteiger charge is 2.52. The largest absolute Gasteiger partial charge is 0.494 e. The minimum absolute atomic E-state index is 0.383. The zero-order valence-electron chi connectivity index (χ0n) is 22.2. The quantitative estimate of drug-likeness (QED) is 0.520. The summed E-state index contributed by atoms with van der Waals surface area (Å²) in [5, 5.41) is 17.2. The number of aromatic nitrogens is 4. The highest BCUT2D eigenvalue weighted by molar-refractivity contribution is 6.62. The lowest BCUT2D eigenvalue weighted by molar-refractivity contribution is 0.00578. The molecule has 1 aromatic heterocycles. The van der Waals surface area contributed by atoms with Crippen molar-refractivity contribution in [1.82, 2.24) is 20.4 Å². The van der Waals surface area contributed by atoms with E-state index in [-0.39, 0.29) is 22.4 Å². The van der Waals surface area contributed by atoms with E-state index in [0.29, 0.717) is 11.6 Å². The normalized spacial score (nSPS) is 21.7. The van der Waals surface area contributed by atoms with Gasteiger partial charge in [0.2, 0.25) is 11.6 Å². The maximum Gasteiger partial charge on any atom is 0.494 e. The van der Waals surface area contributed by atoms with Gasteiger partial charge in [-0.3, -0.25) is 0 Å². The maximum atomic E-state index is 6.13. The van der Waals surface area contributed by atoms with Gasteiger partial charge in [0.15, 0.2) is 0 Å². The van der Waals surface area contributed by atoms with Crippen molar-refractivity contribution < 1.29 is 18.6 Å². The molecule has 2 aliphatic rings. The molecule has 8 nitrogen and oxygen atoms in total. The Hall–Kier alpha value is -2.65. The van der Waals surface area contributed by atoms with Gasteiger partial charge in [-0.15, -0.1) is 20.4 Å². The van der Waals surface area contributed by atoms with Crippen molar-refractivity contribution in [3.8, 4) is 22.8 Å². The van der Waals surface area contributed by atoms with Gasteiger partial charge in [-0.05, 0) is 66.3 Å². The van der Waals surface area contributed by atoms with Crippen molar-refractivity contribution in [3.63, 3.8) is 0 Å². The van der Waals surface area contributed by atoms with E-state index >= 15 is 0 Å². The second-order valence-electron chi connectivity index (χ2n) is 11.5. The highest BCUT2D eigenvalue weighted by Crippen LogP contribution is 2.37. The van der Waals surface area contributed by atoms with Crippen LogP contribution in [0.3, 0.4) is 0 Å². The van der Waals surface area contributed by atoms with Gasteiger partial charge in [-0.1, -0.05) is 48.5 Å². The van der Waals surface area contributed by atoms with Crippen molar-refractivity contribution in [2.24, 2.45) is 0 Å². The van der Waals surface area contributed by atoms with Crippen molar-refractivity contribution >= 4 is 25.2 Å². The molecule has 0 amide bonds. The highest BCUT2D eigenvalue weighted by atomic mass is 16.7. The summed E-state index contributed by atoms with van der Waals surface area (Å²) < 4.78 is 24.5. The van der Waals surface area contributed by atoms with Gasteiger partial charge in [0.25, 0.3) is 0 Å². The summed E-state index contributed by atoms with van der Waals surface area (Å²) in [6.45, 7) is 16.3. The summed E-state index contributed by atoms with van der Waals surface area (Å²) in [6, 6.07) is 15.6. The monoisotopic (exact) mass is 486 g/mol. The molecule has 2 fully saturated rings. The first-order valence-corrected chi connectivity index (χ1v) is 12.3. The van der Waals surface area contributed by atoms with E-state index in [1.165, 1.54) is 0 Å². The minimum Gasteiger partial charge on any atom is -0.399 e. The van der Waals surface area contributed by atoms with E-state index in [4.69, 9.17) is 18.6 Å². The molecule has 2 aromatic carbocycles. The molecule has 0 atom stereocenters. The third-order valence-corrected chi connectivity index (χ3v) is 7.87. The molecule has 0 bridgehead atoms. The van der Waals surface area contributed by atoms with Gasteiger partial charge >= 0.3 is 14.2 Å². The van der Waals surface area contributed by atoms with E-state index in [9.17, 15) is 0 Å². The summed E-state index contributed by atoms with van der Waals surface area (Å²) >= 11 is 0. The van der Waals surface area contributed by atoms with Crippen LogP contribution in [-0.2, 0) is 18.6 Å². The number of hydrogen-bond donors (Lipinski definition) is 0. The van der Waals surface area contributed by atoms with Crippen LogP contribution in [0.5, 0.6) is 0 Å². The van der Waals surface area contributed by atoms with E-state index in [1.807, 2.05) is 104 Å². The lowest BCUT2D eigenvalue weighted by Gasteiger charge is -2.32. The molecule has 0 unspecified atom stereocenters. The standard InChI is InChI=1S/C26H32B2N4O4/c1-23(2)24(3,4)34-27(33-23)19-13-9-17(10-14-19)21-29-31-22(32-30-21)18-11-15-20(16-12-18)28-35-25(5,6)26(7,8)36-28/h9-16H,1-8H3. The Morgan fingerprint density at radius 3 is 0.944 bits per heavy atom. The Morgan fingerprint density at radius 2 is 0.694 bits per heavy atom. The maximum absolute atomic E-state index is 6.13. The second-order valence-corrected chi connectivity index (χ2v) is 11.5. The zero-order valence-corrected chi connectivity index (χ0v) is 22.2. The van der Waals surface area contributed by atoms with Crippen LogP contribution >= 0.6 is 0 Å². The van der Waals surface area contributed by atoms with E-state index in [1.54, 1.807) is 0 Å². The number of hydrogen-bond acceptors (Lipinski definition) is 8. The van der Waals surface area contributed by atoms with E-state index in [2.05, 4.69) is 20.4 Å². The van der Waals surface area contributed by atoms with Crippen LogP contribution in [0.4, 0.5) is 0 Å². The van der Waals surface area contributed by atoms with Crippen LogP contribution in [0.2, 0.25) is 0 Å². The predicted molar refractivity (Wildman–Crippen MR) is 140 cm³/mol. The zero-order chi connectivity index (χ0) is 25.9. The Morgan fingerprint density at radius 1 is 0.444 bits per heavy atom. The Labute approximate surface area is 213 Å². The van der Waals surface area contributed by atoms with Crippen molar-refractivity contribution in [3.05, 3.63) is 48.5 Å². The van der Waals surface area contributed by atoms with Crippen LogP contribution in [0.25, 0.3) is 22.8 Å². The Balaban J connectivity index is 1.27. The lowest BCUT2D eigenvalue weighted by Crippen LogP contribution is -2.41.